The largest absolute Gasteiger partial charge is 0.477 e. The molecule has 0 saturated carbocycles. The second-order valence-electron chi connectivity index (χ2n) is 9.03. The van der Waals surface area contributed by atoms with Crippen LogP contribution in [0.4, 0.5) is 0 Å². The van der Waals surface area contributed by atoms with Crippen molar-refractivity contribution in [2.75, 3.05) is 46.1 Å². The molecular weight excluding hydrogens is 416 g/mol. The number of hydrogen-bond donors (Lipinski definition) is 0. The van der Waals surface area contributed by atoms with Crippen molar-refractivity contribution in [2.24, 2.45) is 0 Å². The lowest BCUT2D eigenvalue weighted by Gasteiger charge is -2.31. The quantitative estimate of drug-likeness (QED) is 0.622. The predicted molar refractivity (Wildman–Crippen MR) is 128 cm³/mol. The Morgan fingerprint density at radius 2 is 1.79 bits per heavy atom. The highest BCUT2D eigenvalue weighted by Crippen LogP contribution is 2.43. The first-order chi connectivity index (χ1) is 16.1. The maximum Gasteiger partial charge on any atom is 0.231 e. The molecule has 0 aliphatic carbocycles. The number of aryl methyl sites for hydroxylation is 1. The van der Waals surface area contributed by atoms with Crippen LogP contribution >= 0.6 is 0 Å². The van der Waals surface area contributed by atoms with E-state index in [9.17, 15) is 4.79 Å². The summed E-state index contributed by atoms with van der Waals surface area (Å²) in [5.41, 5.74) is 4.85. The molecule has 0 amide bonds. The van der Waals surface area contributed by atoms with E-state index < -0.39 is 0 Å². The number of carbonyl (C=O) groups is 1. The maximum atomic E-state index is 13.1. The smallest absolute Gasteiger partial charge is 0.231 e. The summed E-state index contributed by atoms with van der Waals surface area (Å²) in [5.74, 6) is 1.82. The minimum atomic E-state index is -0.0556. The van der Waals surface area contributed by atoms with Gasteiger partial charge in [-0.15, -0.1) is 0 Å². The molecule has 0 N–H and O–H groups in total. The van der Waals surface area contributed by atoms with Crippen LogP contribution in [0.15, 0.2) is 36.1 Å². The number of carbonyl (C=O) groups excluding carboxylic acids is 1. The summed E-state index contributed by atoms with van der Waals surface area (Å²) in [6.45, 7) is 11.2. The monoisotopic (exact) mass is 448 g/mol. The van der Waals surface area contributed by atoms with Crippen LogP contribution in [0.1, 0.15) is 46.0 Å². The fourth-order valence-corrected chi connectivity index (χ4v) is 4.78. The van der Waals surface area contributed by atoms with E-state index in [0.29, 0.717) is 23.8 Å². The van der Waals surface area contributed by atoms with Crippen molar-refractivity contribution in [3.8, 4) is 11.5 Å². The molecule has 3 aliphatic heterocycles. The average Bonchev–Trinajstić information content (AvgIpc) is 3.16. The van der Waals surface area contributed by atoms with E-state index in [-0.39, 0.29) is 5.78 Å². The van der Waals surface area contributed by atoms with Crippen molar-refractivity contribution >= 4 is 11.9 Å². The molecule has 5 rings (SSSR count). The molecule has 6 heteroatoms. The first-order valence-electron chi connectivity index (χ1n) is 12.0. The number of morpholine rings is 1. The standard InChI is InChI=1S/C27H32N2O4/c1-3-20-5-7-21(8-6-20)15-24-25(30)23-16-22-17-29(10-4-9-28-11-13-31-14-12-28)18-32-26(22)19(2)27(23)33-24/h5-8,15-16H,3-4,9-14,17-18H2,1-2H3/b24-15-. The highest BCUT2D eigenvalue weighted by molar-refractivity contribution is 6.15. The molecule has 3 aliphatic rings. The lowest BCUT2D eigenvalue weighted by molar-refractivity contribution is 0.0329. The zero-order valence-corrected chi connectivity index (χ0v) is 19.6. The van der Waals surface area contributed by atoms with Gasteiger partial charge < -0.3 is 14.2 Å². The van der Waals surface area contributed by atoms with Gasteiger partial charge in [-0.3, -0.25) is 14.6 Å². The SMILES string of the molecule is CCc1ccc(/C=C2\Oc3c(cc4c(c3C)OCN(CCCN3CCOCC3)C4)C2=O)cc1. The van der Waals surface area contributed by atoms with Gasteiger partial charge in [-0.2, -0.15) is 0 Å². The second kappa shape index (κ2) is 9.67. The van der Waals surface area contributed by atoms with E-state index in [0.717, 1.165) is 81.2 Å². The van der Waals surface area contributed by atoms with Crippen molar-refractivity contribution < 1.29 is 19.0 Å². The molecule has 1 fully saturated rings. The van der Waals surface area contributed by atoms with Gasteiger partial charge in [-0.25, -0.2) is 0 Å². The second-order valence-corrected chi connectivity index (χ2v) is 9.03. The van der Waals surface area contributed by atoms with Crippen LogP contribution in [0.25, 0.3) is 6.08 Å². The van der Waals surface area contributed by atoms with E-state index >= 15 is 0 Å². The third-order valence-electron chi connectivity index (χ3n) is 6.74. The van der Waals surface area contributed by atoms with Gasteiger partial charge in [0.05, 0.1) is 18.8 Å². The summed E-state index contributed by atoms with van der Waals surface area (Å²) in [6.07, 6.45) is 3.92. The Bertz CT molecular complexity index is 1050. The average molecular weight is 449 g/mol. The summed E-state index contributed by atoms with van der Waals surface area (Å²) in [5, 5.41) is 0. The molecule has 6 nitrogen and oxygen atoms in total. The summed E-state index contributed by atoms with van der Waals surface area (Å²) < 4.78 is 17.6. The summed E-state index contributed by atoms with van der Waals surface area (Å²) in [6, 6.07) is 10.2. The molecule has 0 bridgehead atoms. The predicted octanol–water partition coefficient (Wildman–Crippen LogP) is 4.05. The zero-order valence-electron chi connectivity index (χ0n) is 19.6. The summed E-state index contributed by atoms with van der Waals surface area (Å²) in [7, 11) is 0. The lowest BCUT2D eigenvalue weighted by Crippen LogP contribution is -2.39. The van der Waals surface area contributed by atoms with Crippen LogP contribution in [0.5, 0.6) is 11.5 Å². The number of Topliss-reactive ketones (excluding diaryl/α,β-unsaturated/α-hetero) is 1. The molecule has 0 spiro atoms. The Labute approximate surface area is 195 Å². The first-order valence-corrected chi connectivity index (χ1v) is 12.0. The summed E-state index contributed by atoms with van der Waals surface area (Å²) in [4.78, 5) is 17.9. The van der Waals surface area contributed by atoms with Crippen molar-refractivity contribution in [1.29, 1.82) is 0 Å². The highest BCUT2D eigenvalue weighted by Gasteiger charge is 2.33. The van der Waals surface area contributed by atoms with Gasteiger partial charge in [-0.1, -0.05) is 31.2 Å². The molecule has 2 aromatic rings. The van der Waals surface area contributed by atoms with Gasteiger partial charge in [0.2, 0.25) is 5.78 Å². The minimum Gasteiger partial charge on any atom is -0.477 e. The van der Waals surface area contributed by atoms with Gasteiger partial charge in [0, 0.05) is 37.3 Å². The van der Waals surface area contributed by atoms with Crippen molar-refractivity contribution in [2.45, 2.75) is 33.2 Å². The molecule has 3 heterocycles. The van der Waals surface area contributed by atoms with Crippen molar-refractivity contribution in [3.63, 3.8) is 0 Å². The molecular formula is C27H32N2O4. The third kappa shape index (κ3) is 4.69. The number of hydrogen-bond acceptors (Lipinski definition) is 6. The number of rotatable bonds is 6. The van der Waals surface area contributed by atoms with Gasteiger partial charge in [-0.05, 0) is 49.6 Å². The van der Waals surface area contributed by atoms with Crippen LogP contribution in [0.3, 0.4) is 0 Å². The van der Waals surface area contributed by atoms with E-state index in [1.54, 1.807) is 0 Å². The summed E-state index contributed by atoms with van der Waals surface area (Å²) >= 11 is 0. The first kappa shape index (κ1) is 22.1. The normalized spacial score (nSPS) is 19.8. The number of benzene rings is 2. The topological polar surface area (TPSA) is 51.2 Å². The number of ether oxygens (including phenoxy) is 3. The molecule has 0 unspecified atom stereocenters. The number of fused-ring (bicyclic) bond motifs is 2. The van der Waals surface area contributed by atoms with Crippen LogP contribution in [-0.2, 0) is 17.7 Å². The van der Waals surface area contributed by atoms with Gasteiger partial charge >= 0.3 is 0 Å². The fourth-order valence-electron chi connectivity index (χ4n) is 4.78. The van der Waals surface area contributed by atoms with Crippen LogP contribution < -0.4 is 9.47 Å². The Morgan fingerprint density at radius 1 is 1.03 bits per heavy atom. The Hall–Kier alpha value is -2.67. The third-order valence-corrected chi connectivity index (χ3v) is 6.74. The Balaban J connectivity index is 1.28. The molecule has 33 heavy (non-hydrogen) atoms. The Morgan fingerprint density at radius 3 is 2.55 bits per heavy atom. The van der Waals surface area contributed by atoms with Crippen molar-refractivity contribution in [3.05, 3.63) is 63.9 Å². The fraction of sp³-hybridized carbons (Fsp3) is 0.444. The van der Waals surface area contributed by atoms with Gasteiger partial charge in [0.15, 0.2) is 5.76 Å². The molecule has 0 aromatic heterocycles. The number of ketones is 1. The molecule has 174 valence electrons. The molecule has 2 aromatic carbocycles. The number of nitrogens with zero attached hydrogens (tertiary/aromatic N) is 2. The molecule has 1 saturated heterocycles. The molecule has 0 radical (unpaired) electrons. The minimum absolute atomic E-state index is 0.0556. The van der Waals surface area contributed by atoms with Crippen LogP contribution in [0.2, 0.25) is 0 Å². The van der Waals surface area contributed by atoms with E-state index in [1.807, 2.05) is 31.2 Å². The van der Waals surface area contributed by atoms with Gasteiger partial charge in [0.25, 0.3) is 0 Å². The van der Waals surface area contributed by atoms with E-state index in [4.69, 9.17) is 14.2 Å². The Kier molecular flexibility index (Phi) is 6.49. The zero-order chi connectivity index (χ0) is 22.8. The van der Waals surface area contributed by atoms with E-state index in [1.165, 1.54) is 5.56 Å². The lowest BCUT2D eigenvalue weighted by atomic mass is 10.00. The van der Waals surface area contributed by atoms with Crippen LogP contribution in [0, 0.1) is 6.92 Å². The van der Waals surface area contributed by atoms with Crippen LogP contribution in [-0.4, -0.2) is 61.7 Å². The van der Waals surface area contributed by atoms with E-state index in [2.05, 4.69) is 28.9 Å². The maximum absolute atomic E-state index is 13.1. The molecule has 0 atom stereocenters. The number of allylic oxidation sites excluding steroid dienone is 1. The van der Waals surface area contributed by atoms with Gasteiger partial charge in [0.1, 0.15) is 18.2 Å². The van der Waals surface area contributed by atoms with Crippen molar-refractivity contribution in [1.82, 2.24) is 9.80 Å². The highest BCUT2D eigenvalue weighted by atomic mass is 16.5.